The third kappa shape index (κ3) is 4.02. The smallest absolute Gasteiger partial charge is 0.304 e. The predicted octanol–water partition coefficient (Wildman–Crippen LogP) is 3.39. The molecule has 0 spiro atoms. The maximum Gasteiger partial charge on any atom is 0.304 e. The molecule has 1 fully saturated rings. The van der Waals surface area contributed by atoms with Crippen LogP contribution in [0.1, 0.15) is 12.0 Å². The minimum atomic E-state index is -0.755. The summed E-state index contributed by atoms with van der Waals surface area (Å²) in [5, 5.41) is 10.1. The highest BCUT2D eigenvalue weighted by Crippen LogP contribution is 2.28. The van der Waals surface area contributed by atoms with Crippen LogP contribution in [0.5, 0.6) is 0 Å². The van der Waals surface area contributed by atoms with Crippen LogP contribution in [0.2, 0.25) is 10.0 Å². The topological polar surface area (TPSA) is 40.5 Å². The number of nitrogens with zero attached hydrogens (tertiary/aromatic N) is 1. The van der Waals surface area contributed by atoms with Gasteiger partial charge in [0.25, 0.3) is 0 Å². The van der Waals surface area contributed by atoms with Gasteiger partial charge in [-0.3, -0.25) is 9.69 Å². The summed E-state index contributed by atoms with van der Waals surface area (Å²) in [5.74, 6) is 1.12. The van der Waals surface area contributed by atoms with Crippen LogP contribution in [-0.4, -0.2) is 40.1 Å². The zero-order valence-corrected chi connectivity index (χ0v) is 12.6. The molecule has 0 saturated carbocycles. The minimum Gasteiger partial charge on any atom is -0.481 e. The first-order valence-corrected chi connectivity index (χ1v) is 7.95. The van der Waals surface area contributed by atoms with Gasteiger partial charge in [-0.2, -0.15) is 11.8 Å². The highest BCUT2D eigenvalue weighted by Gasteiger charge is 2.25. The van der Waals surface area contributed by atoms with Crippen LogP contribution in [0, 0.1) is 0 Å². The van der Waals surface area contributed by atoms with Crippen molar-refractivity contribution in [2.24, 2.45) is 0 Å². The van der Waals surface area contributed by atoms with Gasteiger partial charge in [0, 0.05) is 30.6 Å². The van der Waals surface area contributed by atoms with Gasteiger partial charge in [0.1, 0.15) is 0 Å². The Labute approximate surface area is 126 Å². The second kappa shape index (κ2) is 6.84. The third-order valence-corrected chi connectivity index (χ3v) is 5.11. The quantitative estimate of drug-likeness (QED) is 0.923. The SMILES string of the molecule is O=C(O)CC1CSCCN1Cc1cccc(Cl)c1Cl. The highest BCUT2D eigenvalue weighted by molar-refractivity contribution is 7.99. The fourth-order valence-electron chi connectivity index (χ4n) is 2.18. The Morgan fingerprint density at radius 3 is 3.00 bits per heavy atom. The van der Waals surface area contributed by atoms with E-state index in [1.165, 1.54) is 0 Å². The number of rotatable bonds is 4. The Kier molecular flexibility index (Phi) is 5.39. The molecule has 2 rings (SSSR count). The molecule has 0 aliphatic carbocycles. The molecule has 1 N–H and O–H groups in total. The first-order chi connectivity index (χ1) is 9.08. The van der Waals surface area contributed by atoms with Gasteiger partial charge >= 0.3 is 5.97 Å². The second-order valence-electron chi connectivity index (χ2n) is 4.51. The minimum absolute atomic E-state index is 0.0614. The number of benzene rings is 1. The molecule has 0 bridgehead atoms. The predicted molar refractivity (Wildman–Crippen MR) is 80.2 cm³/mol. The van der Waals surface area contributed by atoms with E-state index in [9.17, 15) is 4.79 Å². The fourth-order valence-corrected chi connectivity index (χ4v) is 3.69. The van der Waals surface area contributed by atoms with E-state index < -0.39 is 5.97 Å². The molecule has 1 heterocycles. The summed E-state index contributed by atoms with van der Waals surface area (Å²) in [7, 11) is 0. The van der Waals surface area contributed by atoms with Gasteiger partial charge in [0.05, 0.1) is 16.5 Å². The van der Waals surface area contributed by atoms with E-state index in [-0.39, 0.29) is 12.5 Å². The number of carboxylic acid groups (broad SMARTS) is 1. The van der Waals surface area contributed by atoms with E-state index in [2.05, 4.69) is 4.90 Å². The summed E-state index contributed by atoms with van der Waals surface area (Å²) in [5.41, 5.74) is 0.955. The fraction of sp³-hybridized carbons (Fsp3) is 0.462. The maximum atomic E-state index is 10.9. The molecule has 1 aromatic rings. The normalized spacial score (nSPS) is 20.4. The number of halogens is 2. The molecule has 1 saturated heterocycles. The van der Waals surface area contributed by atoms with E-state index in [0.717, 1.165) is 23.6 Å². The Hall–Kier alpha value is -0.420. The number of hydrogen-bond donors (Lipinski definition) is 1. The lowest BCUT2D eigenvalue weighted by molar-refractivity contribution is -0.138. The monoisotopic (exact) mass is 319 g/mol. The summed E-state index contributed by atoms with van der Waals surface area (Å²) in [4.78, 5) is 13.1. The van der Waals surface area contributed by atoms with E-state index >= 15 is 0 Å². The lowest BCUT2D eigenvalue weighted by atomic mass is 10.1. The van der Waals surface area contributed by atoms with Crippen molar-refractivity contribution < 1.29 is 9.90 Å². The maximum absolute atomic E-state index is 10.9. The van der Waals surface area contributed by atoms with Crippen LogP contribution in [0.25, 0.3) is 0 Å². The molecule has 1 aliphatic heterocycles. The molecule has 1 atom stereocenters. The van der Waals surface area contributed by atoms with E-state index in [1.54, 1.807) is 17.8 Å². The number of carbonyl (C=O) groups is 1. The van der Waals surface area contributed by atoms with E-state index in [4.69, 9.17) is 28.3 Å². The standard InChI is InChI=1S/C13H15Cl2NO2S/c14-11-3-1-2-9(13(11)15)7-16-4-5-19-8-10(16)6-12(17)18/h1-3,10H,4-8H2,(H,17,18). The van der Waals surface area contributed by atoms with Crippen molar-refractivity contribution in [2.45, 2.75) is 19.0 Å². The van der Waals surface area contributed by atoms with Gasteiger partial charge in [-0.15, -0.1) is 0 Å². The van der Waals surface area contributed by atoms with Crippen molar-refractivity contribution in [3.63, 3.8) is 0 Å². The summed E-state index contributed by atoms with van der Waals surface area (Å²) in [6.07, 6.45) is 0.172. The largest absolute Gasteiger partial charge is 0.481 e. The van der Waals surface area contributed by atoms with E-state index in [0.29, 0.717) is 16.6 Å². The number of thioether (sulfide) groups is 1. The highest BCUT2D eigenvalue weighted by atomic mass is 35.5. The molecule has 1 unspecified atom stereocenters. The molecule has 0 amide bonds. The zero-order chi connectivity index (χ0) is 13.8. The lowest BCUT2D eigenvalue weighted by Gasteiger charge is -2.34. The van der Waals surface area contributed by atoms with Gasteiger partial charge in [-0.25, -0.2) is 0 Å². The Balaban J connectivity index is 2.10. The molecule has 19 heavy (non-hydrogen) atoms. The average Bonchev–Trinajstić information content (AvgIpc) is 2.36. The van der Waals surface area contributed by atoms with Crippen molar-refractivity contribution in [3.05, 3.63) is 33.8 Å². The molecule has 3 nitrogen and oxygen atoms in total. The molecule has 1 aliphatic rings. The zero-order valence-electron chi connectivity index (χ0n) is 10.3. The van der Waals surface area contributed by atoms with Crippen LogP contribution in [0.15, 0.2) is 18.2 Å². The van der Waals surface area contributed by atoms with Gasteiger partial charge in [0.15, 0.2) is 0 Å². The third-order valence-electron chi connectivity index (χ3n) is 3.16. The summed E-state index contributed by atoms with van der Waals surface area (Å²) < 4.78 is 0. The van der Waals surface area contributed by atoms with Crippen LogP contribution in [-0.2, 0) is 11.3 Å². The summed E-state index contributed by atoms with van der Waals surface area (Å²) >= 11 is 14.0. The van der Waals surface area contributed by atoms with Crippen LogP contribution in [0.3, 0.4) is 0 Å². The number of hydrogen-bond acceptors (Lipinski definition) is 3. The number of carboxylic acids is 1. The second-order valence-corrected chi connectivity index (χ2v) is 6.45. The first-order valence-electron chi connectivity index (χ1n) is 6.04. The van der Waals surface area contributed by atoms with Crippen molar-refractivity contribution >= 4 is 40.9 Å². The van der Waals surface area contributed by atoms with Crippen LogP contribution < -0.4 is 0 Å². The Morgan fingerprint density at radius 2 is 2.26 bits per heavy atom. The molecule has 6 heteroatoms. The average molecular weight is 320 g/mol. The Morgan fingerprint density at radius 1 is 1.47 bits per heavy atom. The van der Waals surface area contributed by atoms with Gasteiger partial charge in [0.2, 0.25) is 0 Å². The van der Waals surface area contributed by atoms with Crippen molar-refractivity contribution in [2.75, 3.05) is 18.1 Å². The van der Waals surface area contributed by atoms with Gasteiger partial charge in [-0.05, 0) is 11.6 Å². The Bertz CT molecular complexity index is 470. The number of aliphatic carboxylic acids is 1. The van der Waals surface area contributed by atoms with Crippen LogP contribution >= 0.6 is 35.0 Å². The first kappa shape index (κ1) is 15.0. The molecular weight excluding hydrogens is 305 g/mol. The summed E-state index contributed by atoms with van der Waals surface area (Å²) in [6, 6.07) is 5.63. The van der Waals surface area contributed by atoms with Crippen LogP contribution in [0.4, 0.5) is 0 Å². The summed E-state index contributed by atoms with van der Waals surface area (Å²) in [6.45, 7) is 1.53. The molecular formula is C13H15Cl2NO2S. The van der Waals surface area contributed by atoms with E-state index in [1.807, 2.05) is 12.1 Å². The van der Waals surface area contributed by atoms with Crippen molar-refractivity contribution in [1.82, 2.24) is 4.90 Å². The molecule has 104 valence electrons. The molecule has 1 aromatic carbocycles. The molecule has 0 radical (unpaired) electrons. The van der Waals surface area contributed by atoms with Crippen molar-refractivity contribution in [1.29, 1.82) is 0 Å². The molecule has 0 aromatic heterocycles. The van der Waals surface area contributed by atoms with Gasteiger partial charge in [-0.1, -0.05) is 35.3 Å². The van der Waals surface area contributed by atoms with Gasteiger partial charge < -0.3 is 5.11 Å². The lowest BCUT2D eigenvalue weighted by Crippen LogP contribution is -2.43. The van der Waals surface area contributed by atoms with Crippen molar-refractivity contribution in [3.8, 4) is 0 Å².